The number of aromatic nitrogens is 2. The summed E-state index contributed by atoms with van der Waals surface area (Å²) in [5.74, 6) is 2.01. The highest BCUT2D eigenvalue weighted by Gasteiger charge is 2.18. The molecule has 1 aromatic carbocycles. The molecule has 0 spiro atoms. The van der Waals surface area contributed by atoms with Gasteiger partial charge in [0.05, 0.1) is 15.7 Å². The summed E-state index contributed by atoms with van der Waals surface area (Å²) in [4.78, 5) is 19.2. The fourth-order valence-corrected chi connectivity index (χ4v) is 4.75. The lowest BCUT2D eigenvalue weighted by Gasteiger charge is -2.08. The number of hydrogen-bond donors (Lipinski definition) is 1. The number of fused-ring (bicyclic) bond motifs is 1. The predicted octanol–water partition coefficient (Wildman–Crippen LogP) is 4.77. The van der Waals surface area contributed by atoms with Crippen molar-refractivity contribution in [3.63, 3.8) is 0 Å². The van der Waals surface area contributed by atoms with E-state index in [1.165, 1.54) is 11.8 Å². The van der Waals surface area contributed by atoms with Gasteiger partial charge in [-0.05, 0) is 12.1 Å². The van der Waals surface area contributed by atoms with E-state index in [0.29, 0.717) is 26.0 Å². The SMILES string of the molecule is O=c1[nH]c(SCc2c(Cl)ccc(Cl)c2Cl)nc2c1CSC2. The third-order valence-corrected chi connectivity index (χ3v) is 6.12. The third kappa shape index (κ3) is 3.22. The Morgan fingerprint density at radius 3 is 2.81 bits per heavy atom. The molecule has 3 nitrogen and oxygen atoms in total. The number of nitrogens with zero attached hydrogens (tertiary/aromatic N) is 1. The predicted molar refractivity (Wildman–Crippen MR) is 90.9 cm³/mol. The number of thioether (sulfide) groups is 2. The molecule has 0 atom stereocenters. The fraction of sp³-hybridized carbons (Fsp3) is 0.231. The van der Waals surface area contributed by atoms with Gasteiger partial charge in [-0.25, -0.2) is 4.98 Å². The van der Waals surface area contributed by atoms with E-state index in [1.807, 2.05) is 0 Å². The molecule has 1 aliphatic heterocycles. The molecule has 110 valence electrons. The molecule has 1 N–H and O–H groups in total. The van der Waals surface area contributed by atoms with E-state index in [9.17, 15) is 4.79 Å². The van der Waals surface area contributed by atoms with Crippen LogP contribution in [0.25, 0.3) is 0 Å². The topological polar surface area (TPSA) is 45.8 Å². The van der Waals surface area contributed by atoms with Crippen molar-refractivity contribution in [3.8, 4) is 0 Å². The molecule has 0 saturated carbocycles. The van der Waals surface area contributed by atoms with Gasteiger partial charge in [-0.2, -0.15) is 11.8 Å². The molecule has 0 bridgehead atoms. The lowest BCUT2D eigenvalue weighted by atomic mass is 10.2. The summed E-state index contributed by atoms with van der Waals surface area (Å²) < 4.78 is 0. The second-order valence-electron chi connectivity index (χ2n) is 4.40. The first-order valence-corrected chi connectivity index (χ1v) is 9.28. The molecule has 2 aromatic rings. The van der Waals surface area contributed by atoms with Crippen LogP contribution in [0.3, 0.4) is 0 Å². The van der Waals surface area contributed by atoms with E-state index in [4.69, 9.17) is 34.8 Å². The summed E-state index contributed by atoms with van der Waals surface area (Å²) in [5.41, 5.74) is 2.34. The van der Waals surface area contributed by atoms with Gasteiger partial charge in [0, 0.05) is 33.4 Å². The molecule has 1 aromatic heterocycles. The number of benzene rings is 1. The van der Waals surface area contributed by atoms with Crippen molar-refractivity contribution in [1.29, 1.82) is 0 Å². The monoisotopic (exact) mass is 378 g/mol. The van der Waals surface area contributed by atoms with Crippen LogP contribution < -0.4 is 5.56 Å². The molecule has 0 saturated heterocycles. The normalized spacial score (nSPS) is 13.5. The molecule has 21 heavy (non-hydrogen) atoms. The molecular formula is C13H9Cl3N2OS2. The van der Waals surface area contributed by atoms with Crippen LogP contribution in [0.2, 0.25) is 15.1 Å². The second-order valence-corrected chi connectivity index (χ2v) is 7.54. The van der Waals surface area contributed by atoms with E-state index in [-0.39, 0.29) is 5.56 Å². The Bertz CT molecular complexity index is 764. The average Bonchev–Trinajstić information content (AvgIpc) is 2.92. The van der Waals surface area contributed by atoms with Crippen molar-refractivity contribution in [2.24, 2.45) is 0 Å². The highest BCUT2D eigenvalue weighted by molar-refractivity contribution is 7.98. The van der Waals surface area contributed by atoms with Crippen LogP contribution in [0.5, 0.6) is 0 Å². The first-order chi connectivity index (χ1) is 10.1. The Morgan fingerprint density at radius 2 is 2.00 bits per heavy atom. The Morgan fingerprint density at radius 1 is 1.24 bits per heavy atom. The molecule has 0 amide bonds. The van der Waals surface area contributed by atoms with E-state index in [1.54, 1.807) is 23.9 Å². The van der Waals surface area contributed by atoms with Gasteiger partial charge in [0.25, 0.3) is 5.56 Å². The molecule has 2 heterocycles. The van der Waals surface area contributed by atoms with E-state index >= 15 is 0 Å². The smallest absolute Gasteiger partial charge is 0.255 e. The number of rotatable bonds is 3. The van der Waals surface area contributed by atoms with Gasteiger partial charge in [-0.1, -0.05) is 46.6 Å². The van der Waals surface area contributed by atoms with Gasteiger partial charge in [0.1, 0.15) is 0 Å². The number of nitrogens with one attached hydrogen (secondary N) is 1. The molecule has 0 radical (unpaired) electrons. The highest BCUT2D eigenvalue weighted by Crippen LogP contribution is 2.35. The Kier molecular flexibility index (Phi) is 4.76. The van der Waals surface area contributed by atoms with E-state index in [0.717, 1.165) is 28.3 Å². The second kappa shape index (κ2) is 6.42. The van der Waals surface area contributed by atoms with Gasteiger partial charge in [-0.3, -0.25) is 4.79 Å². The fourth-order valence-electron chi connectivity index (χ4n) is 1.95. The average molecular weight is 380 g/mol. The molecule has 0 aliphatic carbocycles. The molecular weight excluding hydrogens is 371 g/mol. The zero-order valence-corrected chi connectivity index (χ0v) is 14.5. The molecule has 0 unspecified atom stereocenters. The maximum absolute atomic E-state index is 11.9. The number of aromatic amines is 1. The van der Waals surface area contributed by atoms with Gasteiger partial charge in [0.2, 0.25) is 0 Å². The van der Waals surface area contributed by atoms with Crippen molar-refractivity contribution in [2.45, 2.75) is 22.4 Å². The van der Waals surface area contributed by atoms with Crippen LogP contribution in [0.4, 0.5) is 0 Å². The standard InChI is InChI=1S/C13H9Cl3N2OS2/c14-8-1-2-9(15)11(16)6(8)4-21-13-17-10-5-20-3-7(10)12(19)18-13/h1-2H,3-5H2,(H,17,18,19). The van der Waals surface area contributed by atoms with E-state index < -0.39 is 0 Å². The van der Waals surface area contributed by atoms with Gasteiger partial charge < -0.3 is 4.98 Å². The zero-order valence-electron chi connectivity index (χ0n) is 10.6. The van der Waals surface area contributed by atoms with Crippen molar-refractivity contribution in [3.05, 3.63) is 54.4 Å². The minimum Gasteiger partial charge on any atom is -0.301 e. The minimum absolute atomic E-state index is 0.0595. The first kappa shape index (κ1) is 15.6. The van der Waals surface area contributed by atoms with Gasteiger partial charge >= 0.3 is 0 Å². The van der Waals surface area contributed by atoms with Crippen LogP contribution >= 0.6 is 58.3 Å². The van der Waals surface area contributed by atoms with Gasteiger partial charge in [-0.15, -0.1) is 0 Å². The largest absolute Gasteiger partial charge is 0.301 e. The molecule has 8 heteroatoms. The van der Waals surface area contributed by atoms with Crippen molar-refractivity contribution in [1.82, 2.24) is 9.97 Å². The minimum atomic E-state index is -0.0595. The maximum Gasteiger partial charge on any atom is 0.255 e. The van der Waals surface area contributed by atoms with Crippen molar-refractivity contribution < 1.29 is 0 Å². The molecule has 1 aliphatic rings. The maximum atomic E-state index is 11.9. The first-order valence-electron chi connectivity index (χ1n) is 6.01. The quantitative estimate of drug-likeness (QED) is 0.474. The summed E-state index contributed by atoms with van der Waals surface area (Å²) in [7, 11) is 0. The van der Waals surface area contributed by atoms with Crippen molar-refractivity contribution in [2.75, 3.05) is 0 Å². The van der Waals surface area contributed by atoms with E-state index in [2.05, 4.69) is 9.97 Å². The van der Waals surface area contributed by atoms with Crippen LogP contribution in [-0.2, 0) is 17.3 Å². The lowest BCUT2D eigenvalue weighted by Crippen LogP contribution is -2.14. The van der Waals surface area contributed by atoms with Gasteiger partial charge in [0.15, 0.2) is 5.16 Å². The molecule has 3 rings (SSSR count). The summed E-state index contributed by atoms with van der Waals surface area (Å²) in [6, 6.07) is 3.37. The van der Waals surface area contributed by atoms with Crippen LogP contribution in [0, 0.1) is 0 Å². The Balaban J connectivity index is 1.85. The highest BCUT2D eigenvalue weighted by atomic mass is 35.5. The number of H-pyrrole nitrogens is 1. The summed E-state index contributed by atoms with van der Waals surface area (Å²) in [6.07, 6.45) is 0. The van der Waals surface area contributed by atoms with Crippen LogP contribution in [0.1, 0.15) is 16.8 Å². The summed E-state index contributed by atoms with van der Waals surface area (Å²) in [5, 5.41) is 2.03. The van der Waals surface area contributed by atoms with Crippen LogP contribution in [-0.4, -0.2) is 9.97 Å². The van der Waals surface area contributed by atoms with Crippen LogP contribution in [0.15, 0.2) is 22.1 Å². The lowest BCUT2D eigenvalue weighted by molar-refractivity contribution is 0.884. The number of halogens is 3. The number of hydrogen-bond acceptors (Lipinski definition) is 4. The zero-order chi connectivity index (χ0) is 15.0. The Hall–Kier alpha value is -0.330. The summed E-state index contributed by atoms with van der Waals surface area (Å²) in [6.45, 7) is 0. The summed E-state index contributed by atoms with van der Waals surface area (Å²) >= 11 is 21.4. The third-order valence-electron chi connectivity index (χ3n) is 3.06. The van der Waals surface area contributed by atoms with Crippen molar-refractivity contribution >= 4 is 58.3 Å². The molecule has 0 fully saturated rings. The Labute approximate surface area is 144 Å².